The highest BCUT2D eigenvalue weighted by Gasteiger charge is 2.43. The van der Waals surface area contributed by atoms with E-state index in [1.807, 2.05) is 0 Å². The summed E-state index contributed by atoms with van der Waals surface area (Å²) in [5, 5.41) is 8.94. The number of aromatic nitrogens is 1. The van der Waals surface area contributed by atoms with Crippen LogP contribution < -0.4 is 0 Å². The molecule has 0 atom stereocenters. The first kappa shape index (κ1) is 13.3. The molecule has 1 aliphatic heterocycles. The number of halogens is 3. The minimum Gasteiger partial charge on any atom is -0.478 e. The van der Waals surface area contributed by atoms with Crippen molar-refractivity contribution in [3.63, 3.8) is 0 Å². The molecule has 1 N–H and O–H groups in total. The van der Waals surface area contributed by atoms with E-state index in [2.05, 4.69) is 4.98 Å². The molecule has 0 radical (unpaired) electrons. The van der Waals surface area contributed by atoms with Crippen LogP contribution in [0.15, 0.2) is 12.4 Å². The molecular formula is C11H9F3N2O3. The Kier molecular flexibility index (Phi) is 3.17. The molecule has 0 saturated heterocycles. The molecular weight excluding hydrogens is 265 g/mol. The summed E-state index contributed by atoms with van der Waals surface area (Å²) >= 11 is 0. The zero-order valence-corrected chi connectivity index (χ0v) is 9.57. The van der Waals surface area contributed by atoms with Gasteiger partial charge in [-0.2, -0.15) is 13.2 Å². The number of rotatable bonds is 1. The van der Waals surface area contributed by atoms with Crippen LogP contribution in [0.5, 0.6) is 0 Å². The van der Waals surface area contributed by atoms with Crippen LogP contribution >= 0.6 is 0 Å². The lowest BCUT2D eigenvalue weighted by atomic mass is 9.97. The van der Waals surface area contributed by atoms with Crippen molar-refractivity contribution in [2.75, 3.05) is 6.54 Å². The summed E-state index contributed by atoms with van der Waals surface area (Å²) in [4.78, 5) is 26.4. The van der Waals surface area contributed by atoms with E-state index in [-0.39, 0.29) is 25.1 Å². The Balaban J connectivity index is 2.29. The molecule has 19 heavy (non-hydrogen) atoms. The largest absolute Gasteiger partial charge is 0.478 e. The van der Waals surface area contributed by atoms with E-state index in [0.29, 0.717) is 16.0 Å². The van der Waals surface area contributed by atoms with E-state index in [4.69, 9.17) is 5.11 Å². The van der Waals surface area contributed by atoms with Crippen LogP contribution in [0.25, 0.3) is 0 Å². The molecule has 0 fully saturated rings. The van der Waals surface area contributed by atoms with Gasteiger partial charge in [-0.05, 0) is 17.5 Å². The summed E-state index contributed by atoms with van der Waals surface area (Å²) in [7, 11) is 0. The average molecular weight is 274 g/mol. The zero-order chi connectivity index (χ0) is 14.2. The topological polar surface area (TPSA) is 70.5 Å². The van der Waals surface area contributed by atoms with Crippen LogP contribution in [0, 0.1) is 0 Å². The predicted molar refractivity (Wildman–Crippen MR) is 56.4 cm³/mol. The van der Waals surface area contributed by atoms with E-state index in [9.17, 15) is 22.8 Å². The average Bonchev–Trinajstić information content (AvgIpc) is 2.35. The van der Waals surface area contributed by atoms with Crippen LogP contribution in [0.4, 0.5) is 13.2 Å². The second-order valence-electron chi connectivity index (χ2n) is 4.10. The maximum absolute atomic E-state index is 12.3. The SMILES string of the molecule is O=C(O)c1cncc2c1CCN(C(=O)C(F)(F)F)C2. The van der Waals surface area contributed by atoms with Gasteiger partial charge in [-0.25, -0.2) is 4.79 Å². The Morgan fingerprint density at radius 1 is 1.32 bits per heavy atom. The third-order valence-electron chi connectivity index (χ3n) is 2.90. The maximum Gasteiger partial charge on any atom is 0.471 e. The Morgan fingerprint density at radius 3 is 2.58 bits per heavy atom. The maximum atomic E-state index is 12.3. The van der Waals surface area contributed by atoms with Gasteiger partial charge in [0.2, 0.25) is 0 Å². The molecule has 0 unspecified atom stereocenters. The zero-order valence-electron chi connectivity index (χ0n) is 9.57. The molecule has 0 spiro atoms. The van der Waals surface area contributed by atoms with Gasteiger partial charge in [0.15, 0.2) is 0 Å². The number of amides is 1. The van der Waals surface area contributed by atoms with E-state index < -0.39 is 18.1 Å². The molecule has 102 valence electrons. The number of hydrogen-bond donors (Lipinski definition) is 1. The standard InChI is InChI=1S/C11H9F3N2O3/c12-11(13,14)10(19)16-2-1-7-6(5-16)3-15-4-8(7)9(17)18/h3-4H,1-2,5H2,(H,17,18). The van der Waals surface area contributed by atoms with Crippen LogP contribution in [0.2, 0.25) is 0 Å². The van der Waals surface area contributed by atoms with Gasteiger partial charge in [-0.15, -0.1) is 0 Å². The number of pyridine rings is 1. The molecule has 2 rings (SSSR count). The number of fused-ring (bicyclic) bond motifs is 1. The van der Waals surface area contributed by atoms with Gasteiger partial charge < -0.3 is 10.0 Å². The normalized spacial score (nSPS) is 15.0. The summed E-state index contributed by atoms with van der Waals surface area (Å²) in [6.45, 7) is -0.433. The van der Waals surface area contributed by atoms with Crippen molar-refractivity contribution in [3.8, 4) is 0 Å². The van der Waals surface area contributed by atoms with Crippen molar-refractivity contribution in [2.24, 2.45) is 0 Å². The van der Waals surface area contributed by atoms with Gasteiger partial charge in [0.05, 0.1) is 5.56 Å². The lowest BCUT2D eigenvalue weighted by Gasteiger charge is -2.29. The summed E-state index contributed by atoms with van der Waals surface area (Å²) in [5.41, 5.74) is 0.745. The first-order valence-corrected chi connectivity index (χ1v) is 5.36. The molecule has 8 heteroatoms. The number of carboxylic acid groups (broad SMARTS) is 1. The number of nitrogens with zero attached hydrogens (tertiary/aromatic N) is 2. The van der Waals surface area contributed by atoms with E-state index in [1.54, 1.807) is 0 Å². The number of carboxylic acids is 1. The third-order valence-corrected chi connectivity index (χ3v) is 2.90. The molecule has 0 aromatic carbocycles. The van der Waals surface area contributed by atoms with Crippen molar-refractivity contribution >= 4 is 11.9 Å². The summed E-state index contributed by atoms with van der Waals surface area (Å²) in [6.07, 6.45) is -2.41. The molecule has 0 saturated carbocycles. The molecule has 1 aromatic rings. The summed E-state index contributed by atoms with van der Waals surface area (Å²) in [6, 6.07) is 0. The number of carbonyl (C=O) groups excluding carboxylic acids is 1. The highest BCUT2D eigenvalue weighted by molar-refractivity contribution is 5.89. The fourth-order valence-corrected chi connectivity index (χ4v) is 2.03. The number of carbonyl (C=O) groups is 2. The van der Waals surface area contributed by atoms with Crippen molar-refractivity contribution in [3.05, 3.63) is 29.1 Å². The van der Waals surface area contributed by atoms with Gasteiger partial charge in [0, 0.05) is 25.5 Å². The van der Waals surface area contributed by atoms with Gasteiger partial charge in [0.1, 0.15) is 0 Å². The summed E-state index contributed by atoms with van der Waals surface area (Å²) in [5.74, 6) is -3.10. The van der Waals surface area contributed by atoms with Crippen LogP contribution in [-0.2, 0) is 17.8 Å². The molecule has 1 aromatic heterocycles. The van der Waals surface area contributed by atoms with E-state index in [0.717, 1.165) is 6.20 Å². The van der Waals surface area contributed by atoms with E-state index in [1.165, 1.54) is 6.20 Å². The number of aromatic carboxylic acids is 1. The fourth-order valence-electron chi connectivity index (χ4n) is 2.03. The monoisotopic (exact) mass is 274 g/mol. The highest BCUT2D eigenvalue weighted by atomic mass is 19.4. The molecule has 2 heterocycles. The van der Waals surface area contributed by atoms with Crippen molar-refractivity contribution in [1.29, 1.82) is 0 Å². The number of hydrogen-bond acceptors (Lipinski definition) is 3. The lowest BCUT2D eigenvalue weighted by Crippen LogP contribution is -2.44. The molecule has 5 nitrogen and oxygen atoms in total. The van der Waals surface area contributed by atoms with Crippen molar-refractivity contribution in [1.82, 2.24) is 9.88 Å². The van der Waals surface area contributed by atoms with Gasteiger partial charge in [0.25, 0.3) is 0 Å². The fraction of sp³-hybridized carbons (Fsp3) is 0.364. The third kappa shape index (κ3) is 2.51. The smallest absolute Gasteiger partial charge is 0.471 e. The van der Waals surface area contributed by atoms with Crippen LogP contribution in [0.1, 0.15) is 21.5 Å². The van der Waals surface area contributed by atoms with Gasteiger partial charge in [-0.3, -0.25) is 9.78 Å². The Bertz CT molecular complexity index is 542. The second-order valence-corrected chi connectivity index (χ2v) is 4.10. The summed E-state index contributed by atoms with van der Waals surface area (Å²) < 4.78 is 36.9. The quantitative estimate of drug-likeness (QED) is 0.836. The minimum absolute atomic E-state index is 0.0309. The predicted octanol–water partition coefficient (Wildman–Crippen LogP) is 1.23. The van der Waals surface area contributed by atoms with Crippen molar-refractivity contribution in [2.45, 2.75) is 19.1 Å². The highest BCUT2D eigenvalue weighted by Crippen LogP contribution is 2.26. The molecule has 0 aliphatic carbocycles. The van der Waals surface area contributed by atoms with Crippen molar-refractivity contribution < 1.29 is 27.9 Å². The molecule has 0 bridgehead atoms. The van der Waals surface area contributed by atoms with Gasteiger partial charge in [-0.1, -0.05) is 0 Å². The van der Waals surface area contributed by atoms with Crippen LogP contribution in [-0.4, -0.2) is 39.6 Å². The Labute approximate surface area is 105 Å². The second kappa shape index (κ2) is 4.52. The lowest BCUT2D eigenvalue weighted by molar-refractivity contribution is -0.186. The van der Waals surface area contributed by atoms with Gasteiger partial charge >= 0.3 is 18.1 Å². The Morgan fingerprint density at radius 2 is 2.00 bits per heavy atom. The Hall–Kier alpha value is -2.12. The minimum atomic E-state index is -4.92. The van der Waals surface area contributed by atoms with E-state index >= 15 is 0 Å². The van der Waals surface area contributed by atoms with Crippen LogP contribution in [0.3, 0.4) is 0 Å². The molecule has 1 amide bonds. The first-order chi connectivity index (χ1) is 8.80. The number of alkyl halides is 3. The molecule has 1 aliphatic rings. The first-order valence-electron chi connectivity index (χ1n) is 5.36.